The Morgan fingerprint density at radius 1 is 1.38 bits per heavy atom. The molecule has 0 heterocycles. The summed E-state index contributed by atoms with van der Waals surface area (Å²) >= 11 is 17.2. The first-order chi connectivity index (χ1) is 6.04. The highest BCUT2D eigenvalue weighted by Crippen LogP contribution is 2.33. The van der Waals surface area contributed by atoms with E-state index < -0.39 is 0 Å². The van der Waals surface area contributed by atoms with E-state index in [1.54, 1.807) is 18.2 Å². The van der Waals surface area contributed by atoms with Crippen LogP contribution in [0.15, 0.2) is 18.2 Å². The standard InChI is InChI=1S/C8H6Cl3NO/c1-5(13)12(11)7-4-2-3-6(9)8(7)10/h2-4H,1H3. The van der Waals surface area contributed by atoms with Gasteiger partial charge in [0.1, 0.15) is 0 Å². The van der Waals surface area contributed by atoms with E-state index in [1.165, 1.54) is 6.92 Å². The number of rotatable bonds is 1. The molecule has 1 aromatic rings. The number of nitrogens with zero attached hydrogens (tertiary/aromatic N) is 1. The van der Waals surface area contributed by atoms with Crippen LogP contribution in [0.2, 0.25) is 10.0 Å². The van der Waals surface area contributed by atoms with Gasteiger partial charge in [-0.05, 0) is 12.1 Å². The molecule has 1 rings (SSSR count). The average Bonchev–Trinajstić information content (AvgIpc) is 2.08. The lowest BCUT2D eigenvalue weighted by molar-refractivity contribution is -0.115. The van der Waals surface area contributed by atoms with E-state index in [1.807, 2.05) is 0 Å². The molecule has 1 amide bonds. The molecule has 0 spiro atoms. The van der Waals surface area contributed by atoms with Gasteiger partial charge in [0.2, 0.25) is 5.91 Å². The number of halogens is 3. The van der Waals surface area contributed by atoms with Gasteiger partial charge in [-0.25, -0.2) is 4.42 Å². The molecule has 0 fully saturated rings. The third-order valence-corrected chi connectivity index (χ3v) is 2.65. The maximum absolute atomic E-state index is 10.9. The largest absolute Gasteiger partial charge is 0.274 e. The van der Waals surface area contributed by atoms with Crippen molar-refractivity contribution in [2.24, 2.45) is 0 Å². The molecular weight excluding hydrogens is 232 g/mol. The topological polar surface area (TPSA) is 20.3 Å². The number of hydrogen-bond acceptors (Lipinski definition) is 1. The van der Waals surface area contributed by atoms with E-state index in [0.29, 0.717) is 10.7 Å². The van der Waals surface area contributed by atoms with E-state index >= 15 is 0 Å². The zero-order valence-electron chi connectivity index (χ0n) is 6.72. The highest BCUT2D eigenvalue weighted by atomic mass is 35.5. The average molecular weight is 239 g/mol. The molecule has 0 unspecified atom stereocenters. The second-order valence-corrected chi connectivity index (χ2v) is 3.50. The molecule has 13 heavy (non-hydrogen) atoms. The van der Waals surface area contributed by atoms with Gasteiger partial charge in [-0.15, -0.1) is 0 Å². The van der Waals surface area contributed by atoms with Crippen LogP contribution in [-0.2, 0) is 4.79 Å². The number of benzene rings is 1. The van der Waals surface area contributed by atoms with E-state index in [0.717, 1.165) is 4.42 Å². The molecule has 0 saturated carbocycles. The Morgan fingerprint density at radius 3 is 2.54 bits per heavy atom. The number of anilines is 1. The van der Waals surface area contributed by atoms with Crippen LogP contribution in [0.25, 0.3) is 0 Å². The lowest BCUT2D eigenvalue weighted by Gasteiger charge is -2.13. The third kappa shape index (κ3) is 2.27. The molecule has 2 nitrogen and oxygen atoms in total. The van der Waals surface area contributed by atoms with Crippen LogP contribution in [0.5, 0.6) is 0 Å². The molecule has 0 N–H and O–H groups in total. The van der Waals surface area contributed by atoms with Crippen molar-refractivity contribution in [2.45, 2.75) is 6.92 Å². The van der Waals surface area contributed by atoms with Crippen LogP contribution < -0.4 is 4.42 Å². The van der Waals surface area contributed by atoms with Crippen molar-refractivity contribution >= 4 is 46.6 Å². The summed E-state index contributed by atoms with van der Waals surface area (Å²) in [4.78, 5) is 10.9. The number of carbonyl (C=O) groups excluding carboxylic acids is 1. The van der Waals surface area contributed by atoms with Gasteiger partial charge in [0.15, 0.2) is 0 Å². The summed E-state index contributed by atoms with van der Waals surface area (Å²) < 4.78 is 0.925. The molecule has 0 bridgehead atoms. The normalized spacial score (nSPS) is 9.85. The molecule has 0 atom stereocenters. The fourth-order valence-corrected chi connectivity index (χ4v) is 1.38. The molecule has 0 radical (unpaired) electrons. The highest BCUT2D eigenvalue weighted by molar-refractivity contribution is 6.46. The summed E-state index contributed by atoms with van der Waals surface area (Å²) in [6.07, 6.45) is 0. The molecule has 0 aromatic heterocycles. The van der Waals surface area contributed by atoms with Gasteiger partial charge in [0, 0.05) is 18.7 Å². The smallest absolute Gasteiger partial charge is 0.238 e. The Morgan fingerprint density at radius 2 is 2.00 bits per heavy atom. The monoisotopic (exact) mass is 237 g/mol. The first-order valence-corrected chi connectivity index (χ1v) is 4.54. The minimum absolute atomic E-state index is 0.273. The van der Waals surface area contributed by atoms with Crippen molar-refractivity contribution in [3.05, 3.63) is 28.2 Å². The van der Waals surface area contributed by atoms with Gasteiger partial charge in [-0.1, -0.05) is 29.3 Å². The van der Waals surface area contributed by atoms with Crippen molar-refractivity contribution in [3.8, 4) is 0 Å². The van der Waals surface area contributed by atoms with Crippen molar-refractivity contribution in [1.29, 1.82) is 0 Å². The third-order valence-electron chi connectivity index (χ3n) is 1.42. The van der Waals surface area contributed by atoms with Gasteiger partial charge < -0.3 is 0 Å². The Bertz CT molecular complexity index is 340. The molecule has 5 heteroatoms. The maximum atomic E-state index is 10.9. The van der Waals surface area contributed by atoms with Gasteiger partial charge in [-0.2, -0.15) is 0 Å². The van der Waals surface area contributed by atoms with Gasteiger partial charge >= 0.3 is 0 Å². The van der Waals surface area contributed by atoms with Crippen LogP contribution >= 0.6 is 35.0 Å². The Kier molecular flexibility index (Phi) is 3.42. The second kappa shape index (κ2) is 4.18. The molecule has 1 aromatic carbocycles. The number of amides is 1. The quantitative estimate of drug-likeness (QED) is 0.686. The van der Waals surface area contributed by atoms with Crippen LogP contribution in [0.3, 0.4) is 0 Å². The summed E-state index contributed by atoms with van der Waals surface area (Å²) in [6.45, 7) is 1.34. The van der Waals surface area contributed by atoms with Gasteiger partial charge in [-0.3, -0.25) is 4.79 Å². The van der Waals surface area contributed by atoms with Crippen molar-refractivity contribution in [2.75, 3.05) is 4.42 Å². The Hall–Kier alpha value is -0.440. The molecule has 0 aliphatic heterocycles. The van der Waals surface area contributed by atoms with Gasteiger partial charge in [0.25, 0.3) is 0 Å². The molecule has 0 saturated heterocycles. The van der Waals surface area contributed by atoms with Crippen LogP contribution in [0.4, 0.5) is 5.69 Å². The first-order valence-electron chi connectivity index (χ1n) is 3.44. The van der Waals surface area contributed by atoms with Gasteiger partial charge in [0.05, 0.1) is 15.7 Å². The van der Waals surface area contributed by atoms with Crippen molar-refractivity contribution < 1.29 is 4.79 Å². The fourth-order valence-electron chi connectivity index (χ4n) is 0.814. The molecule has 0 aliphatic rings. The fraction of sp³-hybridized carbons (Fsp3) is 0.125. The van der Waals surface area contributed by atoms with E-state index in [2.05, 4.69) is 0 Å². The summed E-state index contributed by atoms with van der Waals surface area (Å²) in [6, 6.07) is 4.91. The lowest BCUT2D eigenvalue weighted by atomic mass is 10.3. The first kappa shape index (κ1) is 10.6. The lowest BCUT2D eigenvalue weighted by Crippen LogP contribution is -2.16. The highest BCUT2D eigenvalue weighted by Gasteiger charge is 2.13. The van der Waals surface area contributed by atoms with Crippen LogP contribution in [0, 0.1) is 0 Å². The summed E-state index contributed by atoms with van der Waals surface area (Å²) in [5.74, 6) is -0.314. The van der Waals surface area contributed by atoms with E-state index in [4.69, 9.17) is 35.0 Å². The van der Waals surface area contributed by atoms with E-state index in [-0.39, 0.29) is 10.9 Å². The Balaban J connectivity index is 3.15. The summed E-state index contributed by atoms with van der Waals surface area (Å²) in [5.41, 5.74) is 0.392. The molecule has 70 valence electrons. The van der Waals surface area contributed by atoms with Crippen molar-refractivity contribution in [1.82, 2.24) is 0 Å². The second-order valence-electron chi connectivity index (χ2n) is 2.37. The number of carbonyl (C=O) groups is 1. The van der Waals surface area contributed by atoms with E-state index in [9.17, 15) is 4.79 Å². The van der Waals surface area contributed by atoms with Crippen LogP contribution in [-0.4, -0.2) is 5.91 Å². The minimum atomic E-state index is -0.314. The zero-order valence-corrected chi connectivity index (χ0v) is 8.99. The summed E-state index contributed by atoms with van der Waals surface area (Å²) in [7, 11) is 0. The SMILES string of the molecule is CC(=O)N(Cl)c1cccc(Cl)c1Cl. The predicted octanol–water partition coefficient (Wildman–Crippen LogP) is 3.50. The maximum Gasteiger partial charge on any atom is 0.238 e. The molecular formula is C8H6Cl3NO. The zero-order chi connectivity index (χ0) is 10.0. The predicted molar refractivity (Wildman–Crippen MR) is 55.5 cm³/mol. The Labute approximate surface area is 91.1 Å². The van der Waals surface area contributed by atoms with Crippen molar-refractivity contribution in [3.63, 3.8) is 0 Å². The number of hydrogen-bond donors (Lipinski definition) is 0. The summed E-state index contributed by atoms with van der Waals surface area (Å²) in [5, 5.41) is 0.639. The minimum Gasteiger partial charge on any atom is -0.274 e. The molecule has 0 aliphatic carbocycles. The van der Waals surface area contributed by atoms with Crippen LogP contribution in [0.1, 0.15) is 6.92 Å².